The van der Waals surface area contributed by atoms with E-state index in [4.69, 9.17) is 4.74 Å². The summed E-state index contributed by atoms with van der Waals surface area (Å²) in [5.41, 5.74) is 1.43. The number of para-hydroxylation sites is 1. The molecule has 5 nitrogen and oxygen atoms in total. The van der Waals surface area contributed by atoms with Gasteiger partial charge in [0.1, 0.15) is 16.2 Å². The summed E-state index contributed by atoms with van der Waals surface area (Å²) in [6, 6.07) is 12.4. The van der Waals surface area contributed by atoms with Crippen LogP contribution in [-0.2, 0) is 0 Å². The van der Waals surface area contributed by atoms with Crippen LogP contribution in [0.15, 0.2) is 70.5 Å². The number of hydrogen-bond acceptors (Lipinski definition) is 5. The molecule has 1 atom stereocenters. The Labute approximate surface area is 183 Å². The monoisotopic (exact) mass is 489 g/mol. The number of halogens is 3. The number of hydrazone groups is 1. The Morgan fingerprint density at radius 3 is 2.67 bits per heavy atom. The molecule has 0 spiro atoms. The molecule has 2 aromatic carbocycles. The van der Waals surface area contributed by atoms with E-state index in [9.17, 15) is 13.6 Å². The minimum absolute atomic E-state index is 0.333. The van der Waals surface area contributed by atoms with Crippen LogP contribution in [0.3, 0.4) is 0 Å². The second-order valence-electron chi connectivity index (χ2n) is 6.29. The van der Waals surface area contributed by atoms with E-state index >= 15 is 0 Å². The number of methoxy groups -OCH3 is 1. The predicted octanol–water partition coefficient (Wildman–Crippen LogP) is 5.38. The summed E-state index contributed by atoms with van der Waals surface area (Å²) in [5.74, 6) is -1.73. The van der Waals surface area contributed by atoms with Crippen molar-refractivity contribution < 1.29 is 18.3 Å². The summed E-state index contributed by atoms with van der Waals surface area (Å²) in [6.07, 6.45) is 3.02. The number of thioether (sulfide) groups is 1. The molecule has 0 N–H and O–H groups in total. The highest BCUT2D eigenvalue weighted by molar-refractivity contribution is 9.10. The van der Waals surface area contributed by atoms with Gasteiger partial charge in [-0.1, -0.05) is 30.0 Å². The van der Waals surface area contributed by atoms with Gasteiger partial charge in [-0.2, -0.15) is 5.10 Å². The molecule has 2 heterocycles. The third kappa shape index (κ3) is 3.95. The van der Waals surface area contributed by atoms with Crippen molar-refractivity contribution in [2.45, 2.75) is 5.37 Å². The number of benzene rings is 2. The van der Waals surface area contributed by atoms with Crippen LogP contribution in [0.2, 0.25) is 0 Å². The van der Waals surface area contributed by atoms with Crippen molar-refractivity contribution in [1.82, 2.24) is 9.99 Å². The SMILES string of the molecule is COc1ccccc1C1SC(c2ccc(F)c(F)c2)=NN1C(=O)c1cncc(Br)c1. The summed E-state index contributed by atoms with van der Waals surface area (Å²) < 4.78 is 33.3. The number of hydrogen-bond donors (Lipinski definition) is 0. The molecule has 1 unspecified atom stereocenters. The number of ether oxygens (including phenoxy) is 1. The van der Waals surface area contributed by atoms with E-state index in [2.05, 4.69) is 26.0 Å². The van der Waals surface area contributed by atoms with Crippen LogP contribution >= 0.6 is 27.7 Å². The first kappa shape index (κ1) is 20.5. The first-order valence-corrected chi connectivity index (χ1v) is 10.4. The molecule has 1 aliphatic rings. The lowest BCUT2D eigenvalue weighted by Crippen LogP contribution is -2.26. The van der Waals surface area contributed by atoms with Crippen LogP contribution in [-0.4, -0.2) is 28.1 Å². The predicted molar refractivity (Wildman–Crippen MR) is 114 cm³/mol. The van der Waals surface area contributed by atoms with Crippen molar-refractivity contribution in [3.63, 3.8) is 0 Å². The topological polar surface area (TPSA) is 54.8 Å². The van der Waals surface area contributed by atoms with Crippen LogP contribution in [0, 0.1) is 11.6 Å². The van der Waals surface area contributed by atoms with Crippen LogP contribution in [0.4, 0.5) is 8.78 Å². The molecule has 3 aromatic rings. The van der Waals surface area contributed by atoms with Crippen molar-refractivity contribution >= 4 is 38.6 Å². The van der Waals surface area contributed by atoms with Gasteiger partial charge in [0, 0.05) is 28.0 Å². The summed E-state index contributed by atoms with van der Waals surface area (Å²) in [6.45, 7) is 0. The second kappa shape index (κ2) is 8.53. The summed E-state index contributed by atoms with van der Waals surface area (Å²) >= 11 is 4.56. The number of carbonyl (C=O) groups excluding carboxylic acids is 1. The van der Waals surface area contributed by atoms with Gasteiger partial charge < -0.3 is 4.74 Å². The zero-order chi connectivity index (χ0) is 21.3. The molecule has 0 saturated heterocycles. The Bertz CT molecular complexity index is 1160. The van der Waals surface area contributed by atoms with Crippen molar-refractivity contribution in [2.75, 3.05) is 7.11 Å². The van der Waals surface area contributed by atoms with Crippen molar-refractivity contribution in [3.05, 3.63) is 93.7 Å². The molecule has 0 aliphatic carbocycles. The van der Waals surface area contributed by atoms with E-state index < -0.39 is 17.0 Å². The van der Waals surface area contributed by atoms with Crippen LogP contribution in [0.25, 0.3) is 0 Å². The lowest BCUT2D eigenvalue weighted by atomic mass is 10.2. The highest BCUT2D eigenvalue weighted by atomic mass is 79.9. The van der Waals surface area contributed by atoms with Gasteiger partial charge in [-0.05, 0) is 46.3 Å². The lowest BCUT2D eigenvalue weighted by molar-refractivity contribution is 0.0747. The van der Waals surface area contributed by atoms with E-state index in [-0.39, 0.29) is 5.91 Å². The maximum Gasteiger partial charge on any atom is 0.277 e. The van der Waals surface area contributed by atoms with Gasteiger partial charge >= 0.3 is 0 Å². The van der Waals surface area contributed by atoms with E-state index in [0.717, 1.165) is 17.7 Å². The van der Waals surface area contributed by atoms with E-state index in [1.54, 1.807) is 25.4 Å². The number of amides is 1. The van der Waals surface area contributed by atoms with Gasteiger partial charge in [0.2, 0.25) is 0 Å². The Morgan fingerprint density at radius 2 is 1.93 bits per heavy atom. The number of nitrogens with zero attached hydrogens (tertiary/aromatic N) is 3. The van der Waals surface area contributed by atoms with Gasteiger partial charge in [-0.15, -0.1) is 0 Å². The Balaban J connectivity index is 1.78. The normalized spacial score (nSPS) is 15.8. The number of carbonyl (C=O) groups is 1. The van der Waals surface area contributed by atoms with Crippen molar-refractivity contribution in [2.24, 2.45) is 5.10 Å². The minimum atomic E-state index is -0.981. The molecule has 0 bridgehead atoms. The average molecular weight is 490 g/mol. The largest absolute Gasteiger partial charge is 0.496 e. The van der Waals surface area contributed by atoms with E-state index in [1.807, 2.05) is 18.2 Å². The van der Waals surface area contributed by atoms with Gasteiger partial charge in [0.15, 0.2) is 11.6 Å². The lowest BCUT2D eigenvalue weighted by Gasteiger charge is -2.22. The molecule has 0 radical (unpaired) electrons. The first-order chi connectivity index (χ1) is 14.5. The van der Waals surface area contributed by atoms with E-state index in [1.165, 1.54) is 29.0 Å². The maximum atomic E-state index is 13.8. The third-order valence-corrected chi connectivity index (χ3v) is 6.03. The van der Waals surface area contributed by atoms with E-state index in [0.29, 0.717) is 26.4 Å². The highest BCUT2D eigenvalue weighted by Crippen LogP contribution is 2.45. The second-order valence-corrected chi connectivity index (χ2v) is 8.27. The molecule has 1 amide bonds. The molecule has 9 heteroatoms. The van der Waals surface area contributed by atoms with Crippen LogP contribution in [0.5, 0.6) is 5.75 Å². The fourth-order valence-corrected chi connectivity index (χ4v) is 4.50. The maximum absolute atomic E-state index is 13.8. The average Bonchev–Trinajstić information content (AvgIpc) is 3.20. The van der Waals surface area contributed by atoms with Crippen LogP contribution < -0.4 is 4.74 Å². The fraction of sp³-hybridized carbons (Fsp3) is 0.0952. The summed E-state index contributed by atoms with van der Waals surface area (Å²) in [5, 5.41) is 5.58. The van der Waals surface area contributed by atoms with Gasteiger partial charge in [0.05, 0.1) is 12.7 Å². The molecule has 1 aromatic heterocycles. The quantitative estimate of drug-likeness (QED) is 0.493. The molecule has 0 fully saturated rings. The smallest absolute Gasteiger partial charge is 0.277 e. The highest BCUT2D eigenvalue weighted by Gasteiger charge is 2.36. The third-order valence-electron chi connectivity index (χ3n) is 4.38. The van der Waals surface area contributed by atoms with Gasteiger partial charge in [-0.3, -0.25) is 9.78 Å². The number of aromatic nitrogens is 1. The Hall–Kier alpha value is -2.78. The molecular formula is C21H14BrF2N3O2S. The van der Waals surface area contributed by atoms with Gasteiger partial charge in [-0.25, -0.2) is 13.8 Å². The number of pyridine rings is 1. The molecule has 152 valence electrons. The Morgan fingerprint density at radius 1 is 1.13 bits per heavy atom. The summed E-state index contributed by atoms with van der Waals surface area (Å²) in [4.78, 5) is 17.3. The van der Waals surface area contributed by atoms with Crippen molar-refractivity contribution in [3.8, 4) is 5.75 Å². The standard InChI is InChI=1S/C21H14BrF2N3O2S/c1-29-18-5-3-2-4-15(18)21-27(20(28)13-8-14(22)11-25-10-13)26-19(30-21)12-6-7-16(23)17(24)9-12/h2-11,21H,1H3. The number of rotatable bonds is 4. The Kier molecular flexibility index (Phi) is 5.83. The summed E-state index contributed by atoms with van der Waals surface area (Å²) in [7, 11) is 1.54. The zero-order valence-electron chi connectivity index (χ0n) is 15.6. The molecule has 4 rings (SSSR count). The van der Waals surface area contributed by atoms with Crippen molar-refractivity contribution in [1.29, 1.82) is 0 Å². The minimum Gasteiger partial charge on any atom is -0.496 e. The first-order valence-electron chi connectivity index (χ1n) is 8.75. The fourth-order valence-electron chi connectivity index (χ4n) is 2.96. The molecular weight excluding hydrogens is 476 g/mol. The van der Waals surface area contributed by atoms with Crippen LogP contribution in [0.1, 0.15) is 26.9 Å². The molecule has 30 heavy (non-hydrogen) atoms. The zero-order valence-corrected chi connectivity index (χ0v) is 18.0. The molecule has 1 aliphatic heterocycles. The molecule has 0 saturated carbocycles. The van der Waals surface area contributed by atoms with Gasteiger partial charge in [0.25, 0.3) is 5.91 Å².